The van der Waals surface area contributed by atoms with Crippen molar-refractivity contribution in [1.82, 2.24) is 0 Å². The van der Waals surface area contributed by atoms with Gasteiger partial charge in [0, 0.05) is 0 Å². The van der Waals surface area contributed by atoms with Crippen LogP contribution < -0.4 is 10.4 Å². The van der Waals surface area contributed by atoms with Crippen LogP contribution in [0.25, 0.3) is 5.57 Å². The molecular weight excluding hydrogens is 400 g/mol. The Morgan fingerprint density at radius 3 is 1.84 bits per heavy atom. The van der Waals surface area contributed by atoms with E-state index in [4.69, 9.17) is 0 Å². The molecule has 0 unspecified atom stereocenters. The molecule has 0 saturated carbocycles. The average Bonchev–Trinajstić information content (AvgIpc) is 3.24. The van der Waals surface area contributed by atoms with E-state index in [1.807, 2.05) is 0 Å². The largest absolute Gasteiger partial charge is 0.132 e. The minimum atomic E-state index is -1.57. The van der Waals surface area contributed by atoms with Crippen molar-refractivity contribution in [3.8, 4) is 0 Å². The lowest BCUT2D eigenvalue weighted by Crippen LogP contribution is -2.44. The lowest BCUT2D eigenvalue weighted by Gasteiger charge is -2.22. The second-order valence-corrected chi connectivity index (χ2v) is 11.4. The summed E-state index contributed by atoms with van der Waals surface area (Å²) in [6.07, 6.45) is 4.54. The molecule has 0 fully saturated rings. The molecule has 0 spiro atoms. The fourth-order valence-corrected chi connectivity index (χ4v) is 8.20. The molecule has 5 rings (SSSR count). The van der Waals surface area contributed by atoms with Crippen molar-refractivity contribution in [2.24, 2.45) is 0 Å². The SMILES string of the molecule is Cc1cccc(C2=C(Cc3ccccc3)C([SiH](c3ccccc3)c3ccccc3)=CC2)c1. The number of allylic oxidation sites excluding steroid dienone is 4. The van der Waals surface area contributed by atoms with Gasteiger partial charge in [-0.2, -0.15) is 0 Å². The third-order valence-electron chi connectivity index (χ3n) is 6.41. The van der Waals surface area contributed by atoms with Gasteiger partial charge in [0.15, 0.2) is 0 Å². The Balaban J connectivity index is 1.66. The zero-order valence-corrected chi connectivity index (χ0v) is 19.7. The van der Waals surface area contributed by atoms with Gasteiger partial charge in [0.2, 0.25) is 0 Å². The molecule has 0 heterocycles. The topological polar surface area (TPSA) is 0 Å². The first-order valence-corrected chi connectivity index (χ1v) is 13.2. The highest BCUT2D eigenvalue weighted by molar-refractivity contribution is 6.91. The van der Waals surface area contributed by atoms with Crippen molar-refractivity contribution in [1.29, 1.82) is 0 Å². The normalized spacial score (nSPS) is 13.5. The molecule has 156 valence electrons. The van der Waals surface area contributed by atoms with Crippen LogP contribution in [-0.2, 0) is 6.42 Å². The molecule has 0 amide bonds. The highest BCUT2D eigenvalue weighted by Gasteiger charge is 2.29. The van der Waals surface area contributed by atoms with Crippen LogP contribution in [0.1, 0.15) is 23.1 Å². The van der Waals surface area contributed by atoms with Crippen LogP contribution in [0.2, 0.25) is 0 Å². The second-order valence-electron chi connectivity index (χ2n) is 8.61. The number of rotatable bonds is 6. The summed E-state index contributed by atoms with van der Waals surface area (Å²) in [5, 5.41) is 4.56. The summed E-state index contributed by atoms with van der Waals surface area (Å²) in [5.41, 5.74) is 7.11. The summed E-state index contributed by atoms with van der Waals surface area (Å²) >= 11 is 0. The van der Waals surface area contributed by atoms with E-state index in [0.717, 1.165) is 12.8 Å². The molecule has 0 aromatic heterocycles. The van der Waals surface area contributed by atoms with Crippen molar-refractivity contribution in [2.45, 2.75) is 19.8 Å². The quantitative estimate of drug-likeness (QED) is 0.335. The first-order valence-electron chi connectivity index (χ1n) is 11.4. The van der Waals surface area contributed by atoms with E-state index in [9.17, 15) is 0 Å². The molecule has 0 atom stereocenters. The summed E-state index contributed by atoms with van der Waals surface area (Å²) in [4.78, 5) is 0. The molecule has 4 aromatic rings. The van der Waals surface area contributed by atoms with Crippen LogP contribution in [0.3, 0.4) is 0 Å². The van der Waals surface area contributed by atoms with Gasteiger partial charge in [0.1, 0.15) is 8.80 Å². The average molecular weight is 429 g/mol. The number of aryl methyl sites for hydroxylation is 1. The zero-order valence-electron chi connectivity index (χ0n) is 18.5. The van der Waals surface area contributed by atoms with Crippen molar-refractivity contribution in [2.75, 3.05) is 0 Å². The van der Waals surface area contributed by atoms with E-state index in [1.165, 1.54) is 38.2 Å². The fraction of sp³-hybridized carbons (Fsp3) is 0.0968. The van der Waals surface area contributed by atoms with E-state index in [0.29, 0.717) is 0 Å². The third kappa shape index (κ3) is 4.30. The second kappa shape index (κ2) is 9.38. The number of hydrogen-bond donors (Lipinski definition) is 0. The highest BCUT2D eigenvalue weighted by atomic mass is 28.3. The fourth-order valence-electron chi connectivity index (χ4n) is 4.90. The molecule has 0 nitrogen and oxygen atoms in total. The Labute approximate surface area is 193 Å². The summed E-state index contributed by atoms with van der Waals surface area (Å²) in [7, 11) is -1.57. The number of benzene rings is 4. The Bertz CT molecular complexity index is 1210. The predicted octanol–water partition coefficient (Wildman–Crippen LogP) is 5.90. The molecule has 0 aliphatic heterocycles. The zero-order chi connectivity index (χ0) is 21.8. The van der Waals surface area contributed by atoms with Gasteiger partial charge in [-0.15, -0.1) is 0 Å². The minimum absolute atomic E-state index is 0.985. The van der Waals surface area contributed by atoms with E-state index < -0.39 is 8.80 Å². The summed E-state index contributed by atoms with van der Waals surface area (Å²) < 4.78 is 0. The standard InChI is InChI=1S/C31H28Si/c1-24-12-11-15-26(22-24)29-20-21-31(30(29)23-25-13-5-2-6-14-25)32(27-16-7-3-8-17-27)28-18-9-4-10-19-28/h2-19,21-22,32H,20,23H2,1H3. The lowest BCUT2D eigenvalue weighted by atomic mass is 9.96. The highest BCUT2D eigenvalue weighted by Crippen LogP contribution is 2.37. The van der Waals surface area contributed by atoms with Crippen LogP contribution in [0.15, 0.2) is 132 Å². The molecule has 1 heteroatoms. The van der Waals surface area contributed by atoms with E-state index in [2.05, 4.69) is 128 Å². The van der Waals surface area contributed by atoms with Crippen LogP contribution in [0, 0.1) is 6.92 Å². The van der Waals surface area contributed by atoms with Gasteiger partial charge < -0.3 is 0 Å². The maximum atomic E-state index is 2.53. The molecule has 0 radical (unpaired) electrons. The van der Waals surface area contributed by atoms with Crippen molar-refractivity contribution < 1.29 is 0 Å². The maximum Gasteiger partial charge on any atom is 0.132 e. The van der Waals surface area contributed by atoms with E-state index in [1.54, 1.807) is 5.20 Å². The van der Waals surface area contributed by atoms with Gasteiger partial charge in [-0.25, -0.2) is 0 Å². The summed E-state index contributed by atoms with van der Waals surface area (Å²) in [5.74, 6) is 0. The van der Waals surface area contributed by atoms with Crippen LogP contribution >= 0.6 is 0 Å². The first-order chi connectivity index (χ1) is 15.8. The van der Waals surface area contributed by atoms with Crippen LogP contribution in [0.5, 0.6) is 0 Å². The minimum Gasteiger partial charge on any atom is -0.0801 e. The van der Waals surface area contributed by atoms with Crippen LogP contribution in [0.4, 0.5) is 0 Å². The van der Waals surface area contributed by atoms with E-state index >= 15 is 0 Å². The van der Waals surface area contributed by atoms with E-state index in [-0.39, 0.29) is 0 Å². The molecule has 1 aliphatic rings. The molecule has 0 N–H and O–H groups in total. The van der Waals surface area contributed by atoms with Crippen LogP contribution in [-0.4, -0.2) is 8.80 Å². The van der Waals surface area contributed by atoms with Gasteiger partial charge in [-0.05, 0) is 42.0 Å². The van der Waals surface area contributed by atoms with Gasteiger partial charge >= 0.3 is 0 Å². The third-order valence-corrected chi connectivity index (χ3v) is 9.72. The number of hydrogen-bond acceptors (Lipinski definition) is 0. The molecule has 1 aliphatic carbocycles. The predicted molar refractivity (Wildman–Crippen MR) is 140 cm³/mol. The monoisotopic (exact) mass is 428 g/mol. The van der Waals surface area contributed by atoms with Gasteiger partial charge in [-0.1, -0.05) is 142 Å². The molecular formula is C31H28Si. The first kappa shape index (κ1) is 20.5. The molecule has 0 bridgehead atoms. The Morgan fingerprint density at radius 1 is 0.656 bits per heavy atom. The smallest absolute Gasteiger partial charge is 0.0801 e. The molecule has 0 saturated heterocycles. The van der Waals surface area contributed by atoms with Gasteiger partial charge in [-0.3, -0.25) is 0 Å². The molecule has 32 heavy (non-hydrogen) atoms. The Kier molecular flexibility index (Phi) is 6.00. The summed E-state index contributed by atoms with van der Waals surface area (Å²) in [6, 6.07) is 42.3. The lowest BCUT2D eigenvalue weighted by molar-refractivity contribution is 1.19. The van der Waals surface area contributed by atoms with Crippen molar-refractivity contribution >= 4 is 24.7 Å². The van der Waals surface area contributed by atoms with Crippen molar-refractivity contribution in [3.63, 3.8) is 0 Å². The maximum absolute atomic E-state index is 2.53. The van der Waals surface area contributed by atoms with Crippen molar-refractivity contribution in [3.05, 3.63) is 149 Å². The van der Waals surface area contributed by atoms with Gasteiger partial charge in [0.25, 0.3) is 0 Å². The summed E-state index contributed by atoms with van der Waals surface area (Å²) in [6.45, 7) is 2.19. The van der Waals surface area contributed by atoms with Gasteiger partial charge in [0.05, 0.1) is 0 Å². The Morgan fingerprint density at radius 2 is 1.25 bits per heavy atom. The molecule has 4 aromatic carbocycles. The Hall–Kier alpha value is -3.42.